The van der Waals surface area contributed by atoms with Gasteiger partial charge in [0.1, 0.15) is 6.33 Å². The third kappa shape index (κ3) is 2.63. The summed E-state index contributed by atoms with van der Waals surface area (Å²) >= 11 is 0. The van der Waals surface area contributed by atoms with Crippen molar-refractivity contribution in [3.8, 4) is 5.95 Å². The van der Waals surface area contributed by atoms with Crippen molar-refractivity contribution in [1.29, 1.82) is 0 Å². The molecular weight excluding hydrogens is 246 g/mol. The highest BCUT2D eigenvalue weighted by Crippen LogP contribution is 2.13. The van der Waals surface area contributed by atoms with Crippen LogP contribution < -0.4 is 10.6 Å². The Labute approximate surface area is 110 Å². The van der Waals surface area contributed by atoms with Gasteiger partial charge in [-0.2, -0.15) is 15.0 Å². The Hall–Kier alpha value is -2.22. The van der Waals surface area contributed by atoms with Crippen LogP contribution >= 0.6 is 0 Å². The summed E-state index contributed by atoms with van der Waals surface area (Å²) in [4.78, 5) is 16.9. The zero-order chi connectivity index (χ0) is 13.1. The van der Waals surface area contributed by atoms with E-state index in [1.54, 1.807) is 30.3 Å². The molecule has 2 aromatic heterocycles. The molecule has 0 radical (unpaired) electrons. The van der Waals surface area contributed by atoms with E-state index in [4.69, 9.17) is 4.74 Å². The summed E-state index contributed by atoms with van der Waals surface area (Å²) < 4.78 is 7.06. The molecule has 8 nitrogen and oxygen atoms in total. The average molecular weight is 261 g/mol. The molecule has 8 heteroatoms. The predicted octanol–water partition coefficient (Wildman–Crippen LogP) is 0.300. The molecule has 1 aliphatic rings. The number of imidazole rings is 1. The third-order valence-corrected chi connectivity index (χ3v) is 2.85. The first-order valence-corrected chi connectivity index (χ1v) is 6.11. The van der Waals surface area contributed by atoms with Crippen LogP contribution in [0.25, 0.3) is 5.95 Å². The monoisotopic (exact) mass is 261 g/mol. The Kier molecular flexibility index (Phi) is 3.23. The number of aromatic nitrogens is 5. The lowest BCUT2D eigenvalue weighted by molar-refractivity contribution is 0.195. The smallest absolute Gasteiger partial charge is 0.241 e. The molecule has 3 rings (SSSR count). The maximum atomic E-state index is 5.32. The fourth-order valence-electron chi connectivity index (χ4n) is 1.86. The highest BCUT2D eigenvalue weighted by atomic mass is 16.5. The van der Waals surface area contributed by atoms with Gasteiger partial charge >= 0.3 is 0 Å². The van der Waals surface area contributed by atoms with E-state index in [-0.39, 0.29) is 6.04 Å². The third-order valence-electron chi connectivity index (χ3n) is 2.85. The van der Waals surface area contributed by atoms with E-state index in [2.05, 4.69) is 30.6 Å². The first-order valence-electron chi connectivity index (χ1n) is 6.11. The van der Waals surface area contributed by atoms with E-state index in [1.807, 2.05) is 0 Å². The first-order chi connectivity index (χ1) is 9.35. The van der Waals surface area contributed by atoms with Crippen LogP contribution in [-0.2, 0) is 4.74 Å². The maximum Gasteiger partial charge on any atom is 0.241 e. The predicted molar refractivity (Wildman–Crippen MR) is 69.3 cm³/mol. The molecule has 1 aliphatic heterocycles. The van der Waals surface area contributed by atoms with Crippen LogP contribution in [-0.4, -0.2) is 50.8 Å². The fraction of sp³-hybridized carbons (Fsp3) is 0.455. The van der Waals surface area contributed by atoms with E-state index in [0.717, 1.165) is 13.0 Å². The van der Waals surface area contributed by atoms with E-state index < -0.39 is 0 Å². The van der Waals surface area contributed by atoms with Crippen LogP contribution in [0.2, 0.25) is 0 Å². The maximum absolute atomic E-state index is 5.32. The number of ether oxygens (including phenoxy) is 1. The van der Waals surface area contributed by atoms with Gasteiger partial charge in [-0.15, -0.1) is 0 Å². The van der Waals surface area contributed by atoms with Gasteiger partial charge in [-0.3, -0.25) is 4.57 Å². The summed E-state index contributed by atoms with van der Waals surface area (Å²) in [6, 6.07) is 0.253. The summed E-state index contributed by atoms with van der Waals surface area (Å²) in [6.45, 7) is 1.46. The minimum absolute atomic E-state index is 0.253. The van der Waals surface area contributed by atoms with Gasteiger partial charge < -0.3 is 15.4 Å². The van der Waals surface area contributed by atoms with E-state index in [1.165, 1.54) is 0 Å². The number of hydrogen-bond acceptors (Lipinski definition) is 7. The van der Waals surface area contributed by atoms with Crippen LogP contribution in [0.1, 0.15) is 6.42 Å². The lowest BCUT2D eigenvalue weighted by Crippen LogP contribution is -2.21. The van der Waals surface area contributed by atoms with Gasteiger partial charge in [-0.25, -0.2) is 4.98 Å². The first kappa shape index (κ1) is 11.8. The van der Waals surface area contributed by atoms with Crippen LogP contribution in [0.4, 0.5) is 11.9 Å². The van der Waals surface area contributed by atoms with Crippen molar-refractivity contribution in [3.05, 3.63) is 18.7 Å². The number of rotatable bonds is 4. The quantitative estimate of drug-likeness (QED) is 0.818. The Bertz CT molecular complexity index is 536. The highest BCUT2D eigenvalue weighted by molar-refractivity contribution is 5.38. The van der Waals surface area contributed by atoms with Crippen LogP contribution in [0.3, 0.4) is 0 Å². The van der Waals surface area contributed by atoms with E-state index in [9.17, 15) is 0 Å². The van der Waals surface area contributed by atoms with Gasteiger partial charge in [0.15, 0.2) is 0 Å². The second-order valence-electron chi connectivity index (χ2n) is 4.21. The van der Waals surface area contributed by atoms with Crippen molar-refractivity contribution in [2.24, 2.45) is 0 Å². The molecule has 0 spiro atoms. The molecule has 0 aromatic carbocycles. The number of anilines is 2. The molecular formula is C11H15N7O. The Morgan fingerprint density at radius 2 is 2.21 bits per heavy atom. The van der Waals surface area contributed by atoms with E-state index >= 15 is 0 Å². The Morgan fingerprint density at radius 1 is 1.32 bits per heavy atom. The van der Waals surface area contributed by atoms with Crippen molar-refractivity contribution in [1.82, 2.24) is 24.5 Å². The number of nitrogens with one attached hydrogen (secondary N) is 2. The zero-order valence-corrected chi connectivity index (χ0v) is 10.6. The molecule has 0 saturated carbocycles. The highest BCUT2D eigenvalue weighted by Gasteiger charge is 2.17. The SMILES string of the molecule is CNc1nc(NC2CCOC2)nc(-n2ccnc2)n1. The molecule has 100 valence electrons. The van der Waals surface area contributed by atoms with Crippen molar-refractivity contribution >= 4 is 11.9 Å². The zero-order valence-electron chi connectivity index (χ0n) is 10.6. The van der Waals surface area contributed by atoms with Gasteiger partial charge in [0.05, 0.1) is 12.6 Å². The van der Waals surface area contributed by atoms with Gasteiger partial charge in [0, 0.05) is 26.0 Å². The van der Waals surface area contributed by atoms with Crippen LogP contribution in [0, 0.1) is 0 Å². The van der Waals surface area contributed by atoms with Gasteiger partial charge in [0.2, 0.25) is 17.8 Å². The Morgan fingerprint density at radius 3 is 2.89 bits per heavy atom. The minimum atomic E-state index is 0.253. The summed E-state index contributed by atoms with van der Waals surface area (Å²) in [6.07, 6.45) is 6.08. The van der Waals surface area contributed by atoms with Gasteiger partial charge in [0.25, 0.3) is 0 Å². The lowest BCUT2D eigenvalue weighted by Gasteiger charge is -2.12. The molecule has 3 heterocycles. The number of hydrogen-bond donors (Lipinski definition) is 2. The fourth-order valence-corrected chi connectivity index (χ4v) is 1.86. The largest absolute Gasteiger partial charge is 0.379 e. The Balaban J connectivity index is 1.88. The molecule has 1 atom stereocenters. The summed E-state index contributed by atoms with van der Waals surface area (Å²) in [5.74, 6) is 1.58. The average Bonchev–Trinajstić information content (AvgIpc) is 3.11. The summed E-state index contributed by atoms with van der Waals surface area (Å²) in [7, 11) is 1.77. The molecule has 1 unspecified atom stereocenters. The van der Waals surface area contributed by atoms with Crippen molar-refractivity contribution in [2.45, 2.75) is 12.5 Å². The molecule has 2 aromatic rings. The van der Waals surface area contributed by atoms with Crippen LogP contribution in [0.15, 0.2) is 18.7 Å². The molecule has 2 N–H and O–H groups in total. The van der Waals surface area contributed by atoms with Crippen molar-refractivity contribution in [2.75, 3.05) is 30.9 Å². The lowest BCUT2D eigenvalue weighted by atomic mass is 10.3. The van der Waals surface area contributed by atoms with Gasteiger partial charge in [-0.1, -0.05) is 0 Å². The summed E-state index contributed by atoms with van der Waals surface area (Å²) in [5.41, 5.74) is 0. The van der Waals surface area contributed by atoms with Crippen molar-refractivity contribution in [3.63, 3.8) is 0 Å². The number of nitrogens with zero attached hydrogens (tertiary/aromatic N) is 5. The summed E-state index contributed by atoms with van der Waals surface area (Å²) in [5, 5.41) is 6.18. The topological polar surface area (TPSA) is 89.8 Å². The molecule has 1 saturated heterocycles. The molecule has 19 heavy (non-hydrogen) atoms. The second-order valence-corrected chi connectivity index (χ2v) is 4.21. The van der Waals surface area contributed by atoms with Crippen molar-refractivity contribution < 1.29 is 4.74 Å². The molecule has 0 bridgehead atoms. The second kappa shape index (κ2) is 5.19. The molecule has 0 aliphatic carbocycles. The van der Waals surface area contributed by atoms with Crippen LogP contribution in [0.5, 0.6) is 0 Å². The normalized spacial score (nSPS) is 18.5. The van der Waals surface area contributed by atoms with Gasteiger partial charge in [-0.05, 0) is 6.42 Å². The minimum Gasteiger partial charge on any atom is -0.379 e. The van der Waals surface area contributed by atoms with E-state index in [0.29, 0.717) is 24.5 Å². The molecule has 1 fully saturated rings. The molecule has 0 amide bonds. The standard InChI is InChI=1S/C11H15N7O/c1-12-9-15-10(14-8-2-5-19-6-8)17-11(16-9)18-4-3-13-7-18/h3-4,7-8H,2,5-6H2,1H3,(H2,12,14,15,16,17).